The Balaban J connectivity index is 1.70. The molecule has 0 saturated heterocycles. The molecule has 27 heavy (non-hydrogen) atoms. The Morgan fingerprint density at radius 3 is 2.96 bits per heavy atom. The summed E-state index contributed by atoms with van der Waals surface area (Å²) in [4.78, 5) is 4.33. The number of rotatable bonds is 2. The molecule has 4 aliphatic rings. The smallest absolute Gasteiger partial charge is 0.231 e. The second-order valence-electron chi connectivity index (χ2n) is 6.40. The highest BCUT2D eigenvalue weighted by Gasteiger charge is 2.41. The molecule has 134 valence electrons. The van der Waals surface area contributed by atoms with Crippen molar-refractivity contribution in [1.82, 2.24) is 0 Å². The Morgan fingerprint density at radius 2 is 2.15 bits per heavy atom. The number of ether oxygens (including phenoxy) is 4. The largest absolute Gasteiger partial charge is 0.493 e. The number of methoxy groups -OCH3 is 1. The number of fused-ring (bicyclic) bond motifs is 4. The number of hydrogen-bond acceptors (Lipinski definition) is 7. The van der Waals surface area contributed by atoms with Gasteiger partial charge >= 0.3 is 0 Å². The van der Waals surface area contributed by atoms with E-state index in [0.29, 0.717) is 22.8 Å². The van der Waals surface area contributed by atoms with Gasteiger partial charge in [0.2, 0.25) is 12.5 Å². The lowest BCUT2D eigenvalue weighted by atomic mass is 9.76. The molecule has 2 unspecified atom stereocenters. The summed E-state index contributed by atoms with van der Waals surface area (Å²) in [6.07, 6.45) is 7.14. The van der Waals surface area contributed by atoms with Crippen molar-refractivity contribution in [2.75, 3.05) is 13.9 Å². The average Bonchev–Trinajstić information content (AvgIpc) is 3.35. The third-order valence-electron chi connectivity index (χ3n) is 5.05. The molecular formula is C20H15N3O4. The van der Waals surface area contributed by atoms with Gasteiger partial charge in [-0.25, -0.2) is 0 Å². The van der Waals surface area contributed by atoms with Gasteiger partial charge in [0, 0.05) is 17.7 Å². The monoisotopic (exact) mass is 361 g/mol. The molecular weight excluding hydrogens is 346 g/mol. The minimum atomic E-state index is -0.383. The summed E-state index contributed by atoms with van der Waals surface area (Å²) in [5, 5.41) is 9.75. The molecule has 7 heteroatoms. The van der Waals surface area contributed by atoms with Gasteiger partial charge < -0.3 is 24.7 Å². The summed E-state index contributed by atoms with van der Waals surface area (Å²) in [5.41, 5.74) is 10.0. The van der Waals surface area contributed by atoms with Crippen molar-refractivity contribution in [1.29, 1.82) is 5.26 Å². The van der Waals surface area contributed by atoms with Crippen molar-refractivity contribution in [2.24, 2.45) is 10.7 Å². The zero-order chi connectivity index (χ0) is 18.5. The molecule has 0 aromatic heterocycles. The van der Waals surface area contributed by atoms with E-state index >= 15 is 0 Å². The van der Waals surface area contributed by atoms with E-state index in [1.807, 2.05) is 30.4 Å². The molecule has 7 nitrogen and oxygen atoms in total. The number of nitrogens with two attached hydrogens (primary N) is 1. The summed E-state index contributed by atoms with van der Waals surface area (Å²) >= 11 is 0. The third-order valence-corrected chi connectivity index (χ3v) is 5.05. The Hall–Kier alpha value is -3.66. The molecule has 0 radical (unpaired) electrons. The number of nitriles is 1. The summed E-state index contributed by atoms with van der Waals surface area (Å²) in [7, 11) is 1.57. The van der Waals surface area contributed by atoms with Crippen molar-refractivity contribution in [3.05, 3.63) is 64.2 Å². The van der Waals surface area contributed by atoms with E-state index < -0.39 is 0 Å². The first-order valence-corrected chi connectivity index (χ1v) is 8.41. The van der Waals surface area contributed by atoms with Crippen LogP contribution >= 0.6 is 0 Å². The van der Waals surface area contributed by atoms with E-state index in [-0.39, 0.29) is 24.7 Å². The fourth-order valence-electron chi connectivity index (χ4n) is 3.83. The zero-order valence-corrected chi connectivity index (χ0v) is 14.4. The lowest BCUT2D eigenvalue weighted by Crippen LogP contribution is -2.33. The van der Waals surface area contributed by atoms with Crippen molar-refractivity contribution < 1.29 is 18.9 Å². The van der Waals surface area contributed by atoms with Crippen LogP contribution in [0.1, 0.15) is 11.5 Å². The maximum Gasteiger partial charge on any atom is 0.231 e. The third kappa shape index (κ3) is 2.16. The predicted molar refractivity (Wildman–Crippen MR) is 96.3 cm³/mol. The van der Waals surface area contributed by atoms with E-state index in [0.717, 1.165) is 22.4 Å². The van der Waals surface area contributed by atoms with Crippen LogP contribution in [-0.4, -0.2) is 26.2 Å². The first kappa shape index (κ1) is 15.6. The van der Waals surface area contributed by atoms with E-state index in [4.69, 9.17) is 24.7 Å². The molecule has 3 aliphatic heterocycles. The number of aliphatic imine (C=N–C) groups is 1. The zero-order valence-electron chi connectivity index (χ0n) is 14.4. The lowest BCUT2D eigenvalue weighted by molar-refractivity contribution is 0.151. The Bertz CT molecular complexity index is 1060. The molecule has 2 atom stereocenters. The van der Waals surface area contributed by atoms with Gasteiger partial charge in [-0.2, -0.15) is 5.26 Å². The van der Waals surface area contributed by atoms with Gasteiger partial charge in [-0.05, 0) is 35.4 Å². The lowest BCUT2D eigenvalue weighted by Gasteiger charge is -2.36. The normalized spacial score (nSPS) is 24.2. The van der Waals surface area contributed by atoms with Gasteiger partial charge in [-0.3, -0.25) is 4.99 Å². The maximum absolute atomic E-state index is 9.75. The summed E-state index contributed by atoms with van der Waals surface area (Å²) < 4.78 is 22.4. The van der Waals surface area contributed by atoms with Crippen LogP contribution in [0.15, 0.2) is 63.7 Å². The Labute approximate surface area is 155 Å². The molecule has 0 bridgehead atoms. The van der Waals surface area contributed by atoms with Crippen LogP contribution in [-0.2, 0) is 4.74 Å². The van der Waals surface area contributed by atoms with Crippen molar-refractivity contribution in [2.45, 2.75) is 12.0 Å². The van der Waals surface area contributed by atoms with Crippen molar-refractivity contribution in [3.8, 4) is 23.3 Å². The van der Waals surface area contributed by atoms with Gasteiger partial charge in [0.05, 0.1) is 12.8 Å². The second-order valence-corrected chi connectivity index (χ2v) is 6.40. The van der Waals surface area contributed by atoms with Crippen LogP contribution in [0.2, 0.25) is 0 Å². The number of nitrogens with zero attached hydrogens (tertiary/aromatic N) is 2. The van der Waals surface area contributed by atoms with Gasteiger partial charge in [-0.15, -0.1) is 0 Å². The second kappa shape index (κ2) is 5.68. The molecule has 1 aromatic rings. The first-order valence-electron chi connectivity index (χ1n) is 8.41. The molecule has 3 heterocycles. The highest BCUT2D eigenvalue weighted by Crippen LogP contribution is 2.49. The Morgan fingerprint density at radius 1 is 1.26 bits per heavy atom. The van der Waals surface area contributed by atoms with E-state index in [1.54, 1.807) is 13.3 Å². The summed E-state index contributed by atoms with van der Waals surface area (Å²) in [5.74, 6) is 1.44. The van der Waals surface area contributed by atoms with Crippen LogP contribution in [0.25, 0.3) is 0 Å². The fourth-order valence-corrected chi connectivity index (χ4v) is 3.83. The van der Waals surface area contributed by atoms with Gasteiger partial charge in [-0.1, -0.05) is 6.08 Å². The maximum atomic E-state index is 9.75. The van der Waals surface area contributed by atoms with E-state index in [9.17, 15) is 5.26 Å². The minimum absolute atomic E-state index is 0.121. The molecule has 0 fully saturated rings. The summed E-state index contributed by atoms with van der Waals surface area (Å²) in [6.45, 7) is 0.133. The standard InChI is InChI=1S/C20H15N3O4/c1-24-15-6-10(7-16-19(15)26-9-25-16)17-12-2-3-14-11(4-5-23-14)18(12)27-20(22)13(17)8-21/h2-7,17-18H,9,22H2,1H3. The van der Waals surface area contributed by atoms with Crippen molar-refractivity contribution in [3.63, 3.8) is 0 Å². The van der Waals surface area contributed by atoms with E-state index in [1.165, 1.54) is 0 Å². The first-order chi connectivity index (χ1) is 13.2. The molecule has 0 saturated carbocycles. The van der Waals surface area contributed by atoms with Crippen LogP contribution in [0, 0.1) is 11.3 Å². The van der Waals surface area contributed by atoms with Crippen LogP contribution < -0.4 is 19.9 Å². The number of benzene rings is 1. The minimum Gasteiger partial charge on any atom is -0.493 e. The molecule has 0 amide bonds. The van der Waals surface area contributed by atoms with Crippen LogP contribution in [0.4, 0.5) is 0 Å². The highest BCUT2D eigenvalue weighted by molar-refractivity contribution is 5.81. The fraction of sp³-hybridized carbons (Fsp3) is 0.200. The topological polar surface area (TPSA) is 99.1 Å². The molecule has 1 aliphatic carbocycles. The molecule has 1 aromatic carbocycles. The number of hydrogen-bond donors (Lipinski definition) is 1. The predicted octanol–water partition coefficient (Wildman–Crippen LogP) is 2.43. The molecule has 0 spiro atoms. The van der Waals surface area contributed by atoms with Crippen molar-refractivity contribution >= 4 is 6.21 Å². The SMILES string of the molecule is COc1cc(C2C3=CC=C4N=CC=C4C3OC(N)=C2C#N)cc2c1OCO2. The summed E-state index contributed by atoms with van der Waals surface area (Å²) in [6, 6.07) is 5.92. The van der Waals surface area contributed by atoms with Gasteiger partial charge in [0.25, 0.3) is 0 Å². The molecule has 5 rings (SSSR count). The van der Waals surface area contributed by atoms with Gasteiger partial charge in [0.15, 0.2) is 17.4 Å². The quantitative estimate of drug-likeness (QED) is 0.869. The molecule has 2 N–H and O–H groups in total. The van der Waals surface area contributed by atoms with E-state index in [2.05, 4.69) is 11.1 Å². The average molecular weight is 361 g/mol. The van der Waals surface area contributed by atoms with Gasteiger partial charge in [0.1, 0.15) is 17.7 Å². The van der Waals surface area contributed by atoms with Crippen LogP contribution in [0.5, 0.6) is 17.2 Å². The number of allylic oxidation sites excluding steroid dienone is 4. The Kier molecular flexibility index (Phi) is 3.28. The van der Waals surface area contributed by atoms with Crippen LogP contribution in [0.3, 0.4) is 0 Å². The highest BCUT2D eigenvalue weighted by atomic mass is 16.7.